The van der Waals surface area contributed by atoms with E-state index < -0.39 is 0 Å². The van der Waals surface area contributed by atoms with E-state index in [1.807, 2.05) is 54.3 Å². The number of fused-ring (bicyclic) bond motifs is 1. The molecule has 1 heterocycles. The van der Waals surface area contributed by atoms with Crippen LogP contribution in [0.5, 0.6) is 0 Å². The molecule has 0 radical (unpaired) electrons. The van der Waals surface area contributed by atoms with Crippen molar-refractivity contribution >= 4 is 16.9 Å². The molecule has 0 bridgehead atoms. The van der Waals surface area contributed by atoms with E-state index in [4.69, 9.17) is 0 Å². The lowest BCUT2D eigenvalue weighted by Crippen LogP contribution is -2.30. The van der Waals surface area contributed by atoms with Gasteiger partial charge in [-0.3, -0.25) is 4.79 Å². The molecule has 0 aliphatic carbocycles. The fourth-order valence-electron chi connectivity index (χ4n) is 2.69. The highest BCUT2D eigenvalue weighted by atomic mass is 16.2. The maximum atomic E-state index is 12.5. The van der Waals surface area contributed by atoms with E-state index >= 15 is 0 Å². The van der Waals surface area contributed by atoms with Crippen LogP contribution >= 0.6 is 0 Å². The number of rotatable bonds is 6. The lowest BCUT2D eigenvalue weighted by molar-refractivity contribution is -0.131. The Balaban J connectivity index is 1.60. The zero-order valence-electron chi connectivity index (χ0n) is 13.3. The summed E-state index contributed by atoms with van der Waals surface area (Å²) in [6.45, 7) is 3.40. The van der Waals surface area contributed by atoms with Gasteiger partial charge in [0.1, 0.15) is 5.82 Å². The van der Waals surface area contributed by atoms with Gasteiger partial charge in [0.25, 0.3) is 0 Å². The van der Waals surface area contributed by atoms with Crippen LogP contribution in [-0.2, 0) is 17.8 Å². The van der Waals surface area contributed by atoms with Crippen LogP contribution in [-0.4, -0.2) is 27.3 Å². The molecule has 4 heteroatoms. The van der Waals surface area contributed by atoms with Crippen molar-refractivity contribution in [1.82, 2.24) is 14.9 Å². The molecule has 23 heavy (non-hydrogen) atoms. The lowest BCUT2D eigenvalue weighted by atomic mass is 10.2. The fraction of sp³-hybridized carbons (Fsp3) is 0.263. The van der Waals surface area contributed by atoms with Crippen molar-refractivity contribution in [2.24, 2.45) is 0 Å². The van der Waals surface area contributed by atoms with Gasteiger partial charge in [-0.15, -0.1) is 0 Å². The van der Waals surface area contributed by atoms with Crippen LogP contribution in [0.3, 0.4) is 0 Å². The molecule has 2 aromatic carbocycles. The van der Waals surface area contributed by atoms with Gasteiger partial charge in [0.05, 0.1) is 11.0 Å². The third-order valence-electron chi connectivity index (χ3n) is 3.96. The number of carbonyl (C=O) groups is 1. The molecule has 0 atom stereocenters. The van der Waals surface area contributed by atoms with Crippen molar-refractivity contribution in [3.8, 4) is 0 Å². The summed E-state index contributed by atoms with van der Waals surface area (Å²) in [6.07, 6.45) is 1.11. The van der Waals surface area contributed by atoms with Crippen LogP contribution in [0.25, 0.3) is 11.0 Å². The first kappa shape index (κ1) is 15.3. The van der Waals surface area contributed by atoms with E-state index in [9.17, 15) is 4.79 Å². The van der Waals surface area contributed by atoms with Crippen LogP contribution in [0.1, 0.15) is 24.7 Å². The number of benzene rings is 2. The zero-order valence-corrected chi connectivity index (χ0v) is 13.3. The Morgan fingerprint density at radius 1 is 1.09 bits per heavy atom. The van der Waals surface area contributed by atoms with E-state index in [2.05, 4.69) is 22.1 Å². The molecule has 0 unspecified atom stereocenters. The molecule has 0 aliphatic rings. The predicted molar refractivity (Wildman–Crippen MR) is 91.9 cm³/mol. The molecule has 0 fully saturated rings. The smallest absolute Gasteiger partial charge is 0.223 e. The van der Waals surface area contributed by atoms with Gasteiger partial charge < -0.3 is 9.88 Å². The summed E-state index contributed by atoms with van der Waals surface area (Å²) in [5.41, 5.74) is 3.13. The van der Waals surface area contributed by atoms with Crippen LogP contribution in [0.4, 0.5) is 0 Å². The summed E-state index contributed by atoms with van der Waals surface area (Å²) < 4.78 is 0. The van der Waals surface area contributed by atoms with Gasteiger partial charge in [-0.2, -0.15) is 0 Å². The molecule has 3 rings (SSSR count). The third kappa shape index (κ3) is 3.77. The second kappa shape index (κ2) is 7.09. The minimum atomic E-state index is 0.164. The molecule has 0 aliphatic heterocycles. The summed E-state index contributed by atoms with van der Waals surface area (Å²) in [5.74, 6) is 1.03. The number of aromatic nitrogens is 2. The van der Waals surface area contributed by atoms with Crippen molar-refractivity contribution in [2.75, 3.05) is 6.54 Å². The Morgan fingerprint density at radius 2 is 1.83 bits per heavy atom. The predicted octanol–water partition coefficient (Wildman–Crippen LogP) is 3.54. The second-order valence-electron chi connectivity index (χ2n) is 5.59. The molecule has 0 saturated carbocycles. The quantitative estimate of drug-likeness (QED) is 0.757. The number of nitrogens with one attached hydrogen (secondary N) is 1. The molecule has 1 amide bonds. The molecule has 0 spiro atoms. The van der Waals surface area contributed by atoms with E-state index in [0.29, 0.717) is 25.9 Å². The van der Waals surface area contributed by atoms with E-state index in [1.165, 1.54) is 0 Å². The average Bonchev–Trinajstić information content (AvgIpc) is 3.01. The van der Waals surface area contributed by atoms with Gasteiger partial charge >= 0.3 is 0 Å². The van der Waals surface area contributed by atoms with E-state index in [-0.39, 0.29) is 5.91 Å². The van der Waals surface area contributed by atoms with Crippen molar-refractivity contribution in [2.45, 2.75) is 26.3 Å². The molecule has 0 saturated heterocycles. The van der Waals surface area contributed by atoms with Gasteiger partial charge in [-0.1, -0.05) is 42.5 Å². The lowest BCUT2D eigenvalue weighted by Gasteiger charge is -2.20. The number of aryl methyl sites for hydroxylation is 1. The second-order valence-corrected chi connectivity index (χ2v) is 5.59. The van der Waals surface area contributed by atoms with E-state index in [0.717, 1.165) is 22.4 Å². The highest BCUT2D eigenvalue weighted by molar-refractivity contribution is 5.77. The largest absolute Gasteiger partial charge is 0.342 e. The highest BCUT2D eigenvalue weighted by Gasteiger charge is 2.13. The number of H-pyrrole nitrogens is 1. The topological polar surface area (TPSA) is 49.0 Å². The van der Waals surface area contributed by atoms with Gasteiger partial charge in [0.15, 0.2) is 0 Å². The van der Waals surface area contributed by atoms with Crippen molar-refractivity contribution < 1.29 is 4.79 Å². The summed E-state index contributed by atoms with van der Waals surface area (Å²) in [6, 6.07) is 18.0. The van der Waals surface area contributed by atoms with Gasteiger partial charge in [0, 0.05) is 25.9 Å². The standard InChI is InChI=1S/C19H21N3O/c1-2-22(14-15-8-4-3-5-9-15)19(23)13-12-18-20-16-10-6-7-11-17(16)21-18/h3-11H,2,12-14H2,1H3,(H,20,21). The molecule has 1 N–H and O–H groups in total. The first-order valence-electron chi connectivity index (χ1n) is 8.01. The highest BCUT2D eigenvalue weighted by Crippen LogP contribution is 2.12. The fourth-order valence-corrected chi connectivity index (χ4v) is 2.69. The average molecular weight is 307 g/mol. The van der Waals surface area contributed by atoms with Crippen molar-refractivity contribution in [1.29, 1.82) is 0 Å². The van der Waals surface area contributed by atoms with Gasteiger partial charge in [-0.05, 0) is 24.6 Å². The Kier molecular flexibility index (Phi) is 4.71. The number of hydrogen-bond donors (Lipinski definition) is 1. The maximum absolute atomic E-state index is 12.5. The molecular weight excluding hydrogens is 286 g/mol. The normalized spacial score (nSPS) is 10.8. The number of imidazole rings is 1. The SMILES string of the molecule is CCN(Cc1ccccc1)C(=O)CCc1nc2ccccc2[nH]1. The number of hydrogen-bond acceptors (Lipinski definition) is 2. The number of nitrogens with zero attached hydrogens (tertiary/aromatic N) is 2. The van der Waals surface area contributed by atoms with E-state index in [1.54, 1.807) is 0 Å². The minimum absolute atomic E-state index is 0.164. The summed E-state index contributed by atoms with van der Waals surface area (Å²) >= 11 is 0. The Labute approximate surface area is 136 Å². The summed E-state index contributed by atoms with van der Waals surface area (Å²) in [7, 11) is 0. The van der Waals surface area contributed by atoms with Crippen molar-refractivity contribution in [3.63, 3.8) is 0 Å². The number of para-hydroxylation sites is 2. The first-order valence-corrected chi connectivity index (χ1v) is 8.01. The van der Waals surface area contributed by atoms with Crippen molar-refractivity contribution in [3.05, 3.63) is 66.0 Å². The number of aromatic amines is 1. The molecule has 3 aromatic rings. The van der Waals surface area contributed by atoms with Gasteiger partial charge in [0.2, 0.25) is 5.91 Å². The number of amides is 1. The molecule has 118 valence electrons. The third-order valence-corrected chi connectivity index (χ3v) is 3.96. The van der Waals surface area contributed by atoms with Crippen LogP contribution in [0, 0.1) is 0 Å². The van der Waals surface area contributed by atoms with Crippen LogP contribution in [0.15, 0.2) is 54.6 Å². The zero-order chi connectivity index (χ0) is 16.1. The summed E-state index contributed by atoms with van der Waals surface area (Å²) in [4.78, 5) is 22.1. The number of carbonyl (C=O) groups excluding carboxylic acids is 1. The molecule has 1 aromatic heterocycles. The maximum Gasteiger partial charge on any atom is 0.223 e. The Morgan fingerprint density at radius 3 is 2.57 bits per heavy atom. The molecule has 4 nitrogen and oxygen atoms in total. The van der Waals surface area contributed by atoms with Gasteiger partial charge in [-0.25, -0.2) is 4.98 Å². The van der Waals surface area contributed by atoms with Crippen LogP contribution < -0.4 is 0 Å². The van der Waals surface area contributed by atoms with Crippen LogP contribution in [0.2, 0.25) is 0 Å². The molecular formula is C19H21N3O. The monoisotopic (exact) mass is 307 g/mol. The summed E-state index contributed by atoms with van der Waals surface area (Å²) in [5, 5.41) is 0. The Hall–Kier alpha value is -2.62. The first-order chi connectivity index (χ1) is 11.3. The minimum Gasteiger partial charge on any atom is -0.342 e. The Bertz CT molecular complexity index is 746.